The summed E-state index contributed by atoms with van der Waals surface area (Å²) in [7, 11) is 0. The standard InChI is InChI=1S/C22H25F2N5O2/c1-13-28-29-22(31-13)15-2-3-16-12-25-20(9-17(16)8-15)27-21(30)14-4-6-18(7-5-14)26-19(10-23)11-24/h2-3,8-9,12,14,18-19,26H,4-7,10-11H2,1H3,(H,25,27,30)/t14-,18-. The molecule has 1 aliphatic rings. The van der Waals surface area contributed by atoms with Crippen molar-refractivity contribution in [3.05, 3.63) is 36.4 Å². The lowest BCUT2D eigenvalue weighted by Crippen LogP contribution is -2.44. The molecule has 1 saturated carbocycles. The molecule has 0 unspecified atom stereocenters. The van der Waals surface area contributed by atoms with Crippen molar-refractivity contribution in [1.29, 1.82) is 0 Å². The molecule has 7 nitrogen and oxygen atoms in total. The molecule has 2 heterocycles. The summed E-state index contributed by atoms with van der Waals surface area (Å²) < 4.78 is 30.9. The normalized spacial score (nSPS) is 19.1. The minimum absolute atomic E-state index is 0.0473. The quantitative estimate of drug-likeness (QED) is 0.590. The van der Waals surface area contributed by atoms with E-state index in [0.29, 0.717) is 43.3 Å². The highest BCUT2D eigenvalue weighted by atomic mass is 19.1. The monoisotopic (exact) mass is 429 g/mol. The Bertz CT molecular complexity index is 1050. The van der Waals surface area contributed by atoms with E-state index in [1.165, 1.54) is 0 Å². The van der Waals surface area contributed by atoms with Gasteiger partial charge in [-0.3, -0.25) is 4.79 Å². The third-order valence-corrected chi connectivity index (χ3v) is 5.69. The summed E-state index contributed by atoms with van der Waals surface area (Å²) in [5.74, 6) is 1.19. The molecule has 0 atom stereocenters. The second-order valence-corrected chi connectivity index (χ2v) is 7.97. The molecule has 1 amide bonds. The zero-order valence-corrected chi connectivity index (χ0v) is 17.3. The Kier molecular flexibility index (Phi) is 6.50. The Balaban J connectivity index is 1.39. The van der Waals surface area contributed by atoms with Crippen molar-refractivity contribution >= 4 is 22.5 Å². The van der Waals surface area contributed by atoms with Crippen molar-refractivity contribution in [2.24, 2.45) is 5.92 Å². The number of fused-ring (bicyclic) bond motifs is 1. The molecule has 1 aliphatic carbocycles. The molecule has 2 N–H and O–H groups in total. The van der Waals surface area contributed by atoms with E-state index in [9.17, 15) is 13.6 Å². The Labute approximate surface area is 178 Å². The van der Waals surface area contributed by atoms with E-state index in [2.05, 4.69) is 25.8 Å². The van der Waals surface area contributed by atoms with E-state index in [0.717, 1.165) is 16.3 Å². The van der Waals surface area contributed by atoms with Gasteiger partial charge in [0.2, 0.25) is 17.7 Å². The smallest absolute Gasteiger partial charge is 0.247 e. The van der Waals surface area contributed by atoms with E-state index in [4.69, 9.17) is 4.42 Å². The predicted molar refractivity (Wildman–Crippen MR) is 113 cm³/mol. The van der Waals surface area contributed by atoms with Crippen LogP contribution in [0.5, 0.6) is 0 Å². The lowest BCUT2D eigenvalue weighted by Gasteiger charge is -2.30. The van der Waals surface area contributed by atoms with Gasteiger partial charge < -0.3 is 15.1 Å². The van der Waals surface area contributed by atoms with Crippen LogP contribution in [0.25, 0.3) is 22.2 Å². The van der Waals surface area contributed by atoms with Crippen LogP contribution in [0.15, 0.2) is 34.9 Å². The number of aromatic nitrogens is 3. The van der Waals surface area contributed by atoms with Gasteiger partial charge >= 0.3 is 0 Å². The first-order valence-electron chi connectivity index (χ1n) is 10.4. The third-order valence-electron chi connectivity index (χ3n) is 5.69. The summed E-state index contributed by atoms with van der Waals surface area (Å²) in [6.45, 7) is 0.288. The highest BCUT2D eigenvalue weighted by molar-refractivity contribution is 5.94. The second-order valence-electron chi connectivity index (χ2n) is 7.97. The lowest BCUT2D eigenvalue weighted by atomic mass is 9.85. The fourth-order valence-corrected chi connectivity index (χ4v) is 3.97. The molecule has 31 heavy (non-hydrogen) atoms. The van der Waals surface area contributed by atoms with Gasteiger partial charge in [0.15, 0.2) is 0 Å². The minimum atomic E-state index is -0.752. The van der Waals surface area contributed by atoms with Gasteiger partial charge in [0.05, 0.1) is 6.04 Å². The number of carbonyl (C=O) groups excluding carboxylic acids is 1. The van der Waals surface area contributed by atoms with Gasteiger partial charge in [0, 0.05) is 36.0 Å². The number of anilines is 1. The largest absolute Gasteiger partial charge is 0.421 e. The second kappa shape index (κ2) is 9.47. The molecule has 1 fully saturated rings. The Morgan fingerprint density at radius 3 is 2.58 bits per heavy atom. The van der Waals surface area contributed by atoms with Crippen LogP contribution >= 0.6 is 0 Å². The number of alkyl halides is 2. The number of hydrogen-bond donors (Lipinski definition) is 2. The zero-order valence-electron chi connectivity index (χ0n) is 17.3. The summed E-state index contributed by atoms with van der Waals surface area (Å²) >= 11 is 0. The highest BCUT2D eigenvalue weighted by Gasteiger charge is 2.27. The molecule has 0 spiro atoms. The number of benzene rings is 1. The number of hydrogen-bond acceptors (Lipinski definition) is 6. The summed E-state index contributed by atoms with van der Waals surface area (Å²) in [5, 5.41) is 15.6. The number of amides is 1. The molecule has 0 radical (unpaired) electrons. The van der Waals surface area contributed by atoms with Gasteiger partial charge in [-0.05, 0) is 49.3 Å². The average Bonchev–Trinajstić information content (AvgIpc) is 3.23. The van der Waals surface area contributed by atoms with E-state index in [-0.39, 0.29) is 17.9 Å². The molecular weight excluding hydrogens is 404 g/mol. The van der Waals surface area contributed by atoms with Gasteiger partial charge in [-0.15, -0.1) is 10.2 Å². The number of rotatable bonds is 7. The van der Waals surface area contributed by atoms with Crippen molar-refractivity contribution in [3.63, 3.8) is 0 Å². The molecule has 164 valence electrons. The molecule has 2 aromatic heterocycles. The van der Waals surface area contributed by atoms with Gasteiger partial charge in [-0.25, -0.2) is 13.8 Å². The molecular formula is C22H25F2N5O2. The fraction of sp³-hybridized carbons (Fsp3) is 0.455. The van der Waals surface area contributed by atoms with Crippen LogP contribution < -0.4 is 10.6 Å². The number of nitrogens with zero attached hydrogens (tertiary/aromatic N) is 3. The first-order chi connectivity index (χ1) is 15.1. The Morgan fingerprint density at radius 1 is 1.13 bits per heavy atom. The van der Waals surface area contributed by atoms with Crippen molar-refractivity contribution in [1.82, 2.24) is 20.5 Å². The first kappa shape index (κ1) is 21.3. The molecule has 9 heteroatoms. The SMILES string of the molecule is Cc1nnc(-c2ccc3cnc(NC(=O)[C@H]4CC[C@H](NC(CF)CF)CC4)cc3c2)o1. The Morgan fingerprint density at radius 2 is 1.90 bits per heavy atom. The van der Waals surface area contributed by atoms with Gasteiger partial charge in [-0.1, -0.05) is 6.07 Å². The van der Waals surface area contributed by atoms with Crippen molar-refractivity contribution in [3.8, 4) is 11.5 Å². The summed E-state index contributed by atoms with van der Waals surface area (Å²) in [6, 6.07) is 6.84. The van der Waals surface area contributed by atoms with Crippen LogP contribution in [0.2, 0.25) is 0 Å². The summed E-state index contributed by atoms with van der Waals surface area (Å²) in [5.41, 5.74) is 0.794. The number of halogens is 2. The maximum atomic E-state index is 12.7. The molecule has 4 rings (SSSR count). The average molecular weight is 429 g/mol. The van der Waals surface area contributed by atoms with Crippen LogP contribution in [0.3, 0.4) is 0 Å². The zero-order chi connectivity index (χ0) is 21.8. The van der Waals surface area contributed by atoms with Crippen molar-refractivity contribution in [2.45, 2.75) is 44.7 Å². The van der Waals surface area contributed by atoms with E-state index in [1.807, 2.05) is 24.3 Å². The van der Waals surface area contributed by atoms with Crippen LogP contribution in [-0.2, 0) is 4.79 Å². The van der Waals surface area contributed by atoms with Gasteiger partial charge in [0.25, 0.3) is 0 Å². The van der Waals surface area contributed by atoms with Crippen LogP contribution in [0, 0.1) is 12.8 Å². The third kappa shape index (κ3) is 5.04. The van der Waals surface area contributed by atoms with Gasteiger partial charge in [0.1, 0.15) is 19.2 Å². The Hall–Kier alpha value is -2.94. The minimum Gasteiger partial charge on any atom is -0.421 e. The van der Waals surface area contributed by atoms with Crippen molar-refractivity contribution < 1.29 is 18.0 Å². The maximum absolute atomic E-state index is 12.7. The predicted octanol–water partition coefficient (Wildman–Crippen LogP) is 3.99. The van der Waals surface area contributed by atoms with E-state index < -0.39 is 19.4 Å². The summed E-state index contributed by atoms with van der Waals surface area (Å²) in [4.78, 5) is 17.1. The first-order valence-corrected chi connectivity index (χ1v) is 10.4. The van der Waals surface area contributed by atoms with Crippen LogP contribution in [0.4, 0.5) is 14.6 Å². The van der Waals surface area contributed by atoms with E-state index in [1.54, 1.807) is 13.1 Å². The molecule has 3 aromatic rings. The molecule has 0 bridgehead atoms. The van der Waals surface area contributed by atoms with Crippen molar-refractivity contribution in [2.75, 3.05) is 18.7 Å². The number of aryl methyl sites for hydroxylation is 1. The van der Waals surface area contributed by atoms with Crippen LogP contribution in [0.1, 0.15) is 31.6 Å². The topological polar surface area (TPSA) is 92.9 Å². The maximum Gasteiger partial charge on any atom is 0.247 e. The number of pyridine rings is 1. The number of carbonyl (C=O) groups is 1. The fourth-order valence-electron chi connectivity index (χ4n) is 3.97. The lowest BCUT2D eigenvalue weighted by molar-refractivity contribution is -0.120. The van der Waals surface area contributed by atoms with E-state index >= 15 is 0 Å². The summed E-state index contributed by atoms with van der Waals surface area (Å²) in [6.07, 6.45) is 4.48. The molecule has 1 aromatic carbocycles. The van der Waals surface area contributed by atoms with Gasteiger partial charge in [-0.2, -0.15) is 0 Å². The molecule has 0 aliphatic heterocycles. The highest BCUT2D eigenvalue weighted by Crippen LogP contribution is 2.27. The molecule has 0 saturated heterocycles. The van der Waals surface area contributed by atoms with Crippen LogP contribution in [-0.4, -0.2) is 46.5 Å². The number of nitrogens with one attached hydrogen (secondary N) is 2.